The van der Waals surface area contributed by atoms with E-state index in [9.17, 15) is 4.79 Å². The predicted molar refractivity (Wildman–Crippen MR) is 104 cm³/mol. The van der Waals surface area contributed by atoms with Crippen molar-refractivity contribution in [3.8, 4) is 0 Å². The van der Waals surface area contributed by atoms with Gasteiger partial charge in [-0.2, -0.15) is 0 Å². The largest absolute Gasteiger partial charge is 0.330 e. The van der Waals surface area contributed by atoms with Crippen molar-refractivity contribution in [3.05, 3.63) is 75.1 Å². The zero-order valence-electron chi connectivity index (χ0n) is 14.4. The smallest absolute Gasteiger partial charge is 0.269 e. The molecule has 4 rings (SSSR count). The zero-order valence-corrected chi connectivity index (χ0v) is 15.2. The number of anilines is 2. The molecule has 0 aliphatic rings. The van der Waals surface area contributed by atoms with Gasteiger partial charge in [-0.05, 0) is 43.2 Å². The molecular weight excluding hydrogens is 346 g/mol. The molecule has 0 saturated carbocycles. The van der Waals surface area contributed by atoms with Crippen molar-refractivity contribution in [2.24, 2.45) is 0 Å². The van der Waals surface area contributed by atoms with Crippen molar-refractivity contribution in [1.29, 1.82) is 0 Å². The van der Waals surface area contributed by atoms with Gasteiger partial charge in [-0.25, -0.2) is 4.98 Å². The minimum Gasteiger partial charge on any atom is -0.330 e. The molecule has 4 aromatic rings. The van der Waals surface area contributed by atoms with Gasteiger partial charge in [0, 0.05) is 5.69 Å². The van der Waals surface area contributed by atoms with Crippen LogP contribution in [-0.2, 0) is 6.54 Å². The standard InChI is InChI=1S/C19H17N5OS/c1-12-6-5-8-14(13(12)2)21-19-23-22-17(26-19)11-24-16-9-4-3-7-15(16)20-10-18(24)25/h3-10H,11H2,1-2H3,(H,21,23). The highest BCUT2D eigenvalue weighted by Gasteiger charge is 2.10. The van der Waals surface area contributed by atoms with Gasteiger partial charge >= 0.3 is 0 Å². The normalized spacial score (nSPS) is 11.0. The number of fused-ring (bicyclic) bond motifs is 1. The van der Waals surface area contributed by atoms with E-state index >= 15 is 0 Å². The Morgan fingerprint density at radius 3 is 2.81 bits per heavy atom. The lowest BCUT2D eigenvalue weighted by Crippen LogP contribution is -2.20. The summed E-state index contributed by atoms with van der Waals surface area (Å²) in [6.07, 6.45) is 1.35. The molecule has 0 aliphatic heterocycles. The molecule has 2 aromatic carbocycles. The fraction of sp³-hybridized carbons (Fsp3) is 0.158. The topological polar surface area (TPSA) is 72.7 Å². The quantitative estimate of drug-likeness (QED) is 0.599. The van der Waals surface area contributed by atoms with Crippen LogP contribution in [-0.4, -0.2) is 19.7 Å². The first kappa shape index (κ1) is 16.4. The second kappa shape index (κ2) is 6.68. The monoisotopic (exact) mass is 363 g/mol. The first-order valence-electron chi connectivity index (χ1n) is 8.22. The summed E-state index contributed by atoms with van der Waals surface area (Å²) in [4.78, 5) is 16.4. The van der Waals surface area contributed by atoms with Crippen molar-refractivity contribution in [1.82, 2.24) is 19.7 Å². The van der Waals surface area contributed by atoms with Crippen LogP contribution in [0.3, 0.4) is 0 Å². The van der Waals surface area contributed by atoms with E-state index in [1.807, 2.05) is 36.4 Å². The van der Waals surface area contributed by atoms with E-state index in [0.717, 1.165) is 21.7 Å². The molecule has 2 heterocycles. The highest BCUT2D eigenvalue weighted by atomic mass is 32.1. The fourth-order valence-corrected chi connectivity index (χ4v) is 3.52. The Kier molecular flexibility index (Phi) is 4.22. The molecule has 0 amide bonds. The first-order chi connectivity index (χ1) is 12.6. The molecular formula is C19H17N5OS. The van der Waals surface area contributed by atoms with E-state index in [-0.39, 0.29) is 5.56 Å². The maximum atomic E-state index is 12.3. The second-order valence-corrected chi connectivity index (χ2v) is 7.11. The van der Waals surface area contributed by atoms with Gasteiger partial charge in [-0.1, -0.05) is 35.6 Å². The lowest BCUT2D eigenvalue weighted by atomic mass is 10.1. The number of nitrogens with one attached hydrogen (secondary N) is 1. The van der Waals surface area contributed by atoms with Crippen LogP contribution < -0.4 is 10.9 Å². The minimum atomic E-state index is -0.150. The van der Waals surface area contributed by atoms with E-state index in [2.05, 4.69) is 40.4 Å². The van der Waals surface area contributed by atoms with E-state index in [0.29, 0.717) is 11.7 Å². The van der Waals surface area contributed by atoms with Crippen molar-refractivity contribution in [2.75, 3.05) is 5.32 Å². The van der Waals surface area contributed by atoms with Crippen LogP contribution in [0, 0.1) is 13.8 Å². The van der Waals surface area contributed by atoms with Gasteiger partial charge in [0.2, 0.25) is 5.13 Å². The van der Waals surface area contributed by atoms with Crippen LogP contribution in [0.4, 0.5) is 10.8 Å². The molecule has 26 heavy (non-hydrogen) atoms. The van der Waals surface area contributed by atoms with Gasteiger partial charge in [0.05, 0.1) is 23.8 Å². The lowest BCUT2D eigenvalue weighted by molar-refractivity contribution is 0.769. The van der Waals surface area contributed by atoms with Gasteiger partial charge < -0.3 is 5.32 Å². The maximum Gasteiger partial charge on any atom is 0.269 e. The molecule has 0 bridgehead atoms. The third-order valence-corrected chi connectivity index (χ3v) is 5.18. The summed E-state index contributed by atoms with van der Waals surface area (Å²) in [6.45, 7) is 4.52. The van der Waals surface area contributed by atoms with Crippen molar-refractivity contribution < 1.29 is 0 Å². The molecule has 1 N–H and O–H groups in total. The third kappa shape index (κ3) is 3.09. The van der Waals surface area contributed by atoms with Crippen LogP contribution in [0.1, 0.15) is 16.1 Å². The van der Waals surface area contributed by atoms with Crippen LogP contribution in [0.5, 0.6) is 0 Å². The molecule has 7 heteroatoms. The summed E-state index contributed by atoms with van der Waals surface area (Å²) >= 11 is 1.44. The van der Waals surface area contributed by atoms with Gasteiger partial charge in [-0.3, -0.25) is 9.36 Å². The fourth-order valence-electron chi connectivity index (χ4n) is 2.78. The molecule has 0 saturated heterocycles. The number of benzene rings is 2. The Hall–Kier alpha value is -3.06. The summed E-state index contributed by atoms with van der Waals surface area (Å²) < 4.78 is 1.67. The molecule has 2 aromatic heterocycles. The second-order valence-electron chi connectivity index (χ2n) is 6.04. The lowest BCUT2D eigenvalue weighted by Gasteiger charge is -2.08. The zero-order chi connectivity index (χ0) is 18.1. The Morgan fingerprint density at radius 2 is 1.92 bits per heavy atom. The Bertz CT molecular complexity index is 1150. The number of para-hydroxylation sites is 2. The highest BCUT2D eigenvalue weighted by molar-refractivity contribution is 7.15. The number of aryl methyl sites for hydroxylation is 1. The van der Waals surface area contributed by atoms with E-state index in [1.54, 1.807) is 4.57 Å². The van der Waals surface area contributed by atoms with Gasteiger partial charge in [0.15, 0.2) is 0 Å². The highest BCUT2D eigenvalue weighted by Crippen LogP contribution is 2.25. The summed E-state index contributed by atoms with van der Waals surface area (Å²) in [5.74, 6) is 0. The van der Waals surface area contributed by atoms with E-state index in [1.165, 1.54) is 28.7 Å². The summed E-state index contributed by atoms with van der Waals surface area (Å²) in [7, 11) is 0. The average Bonchev–Trinajstić information content (AvgIpc) is 3.09. The Labute approximate surface area is 154 Å². The molecule has 0 spiro atoms. The summed E-state index contributed by atoms with van der Waals surface area (Å²) in [6, 6.07) is 13.7. The molecule has 0 radical (unpaired) electrons. The summed E-state index contributed by atoms with van der Waals surface area (Å²) in [5, 5.41) is 13.2. The SMILES string of the molecule is Cc1cccc(Nc2nnc(Cn3c(=O)cnc4ccccc43)s2)c1C. The molecule has 6 nitrogen and oxygen atoms in total. The van der Waals surface area contributed by atoms with Crippen molar-refractivity contribution >= 4 is 33.2 Å². The summed E-state index contributed by atoms with van der Waals surface area (Å²) in [5.41, 5.74) is 4.84. The average molecular weight is 363 g/mol. The number of aromatic nitrogens is 4. The maximum absolute atomic E-state index is 12.3. The van der Waals surface area contributed by atoms with E-state index in [4.69, 9.17) is 0 Å². The predicted octanol–water partition coefficient (Wildman–Crippen LogP) is 3.66. The molecule has 0 atom stereocenters. The Balaban J connectivity index is 1.63. The number of rotatable bonds is 4. The van der Waals surface area contributed by atoms with Crippen LogP contribution in [0.25, 0.3) is 11.0 Å². The number of nitrogens with zero attached hydrogens (tertiary/aromatic N) is 4. The van der Waals surface area contributed by atoms with Gasteiger partial charge in [0.25, 0.3) is 5.56 Å². The van der Waals surface area contributed by atoms with Gasteiger partial charge in [-0.15, -0.1) is 10.2 Å². The number of hydrogen-bond acceptors (Lipinski definition) is 6. The van der Waals surface area contributed by atoms with E-state index < -0.39 is 0 Å². The Morgan fingerprint density at radius 1 is 1.08 bits per heavy atom. The van der Waals surface area contributed by atoms with Crippen LogP contribution in [0.2, 0.25) is 0 Å². The third-order valence-electron chi connectivity index (χ3n) is 4.36. The van der Waals surface area contributed by atoms with Crippen LogP contribution in [0.15, 0.2) is 53.5 Å². The van der Waals surface area contributed by atoms with Crippen molar-refractivity contribution in [2.45, 2.75) is 20.4 Å². The van der Waals surface area contributed by atoms with Crippen LogP contribution >= 0.6 is 11.3 Å². The molecule has 0 aliphatic carbocycles. The first-order valence-corrected chi connectivity index (χ1v) is 9.03. The minimum absolute atomic E-state index is 0.150. The molecule has 130 valence electrons. The number of hydrogen-bond donors (Lipinski definition) is 1. The van der Waals surface area contributed by atoms with Gasteiger partial charge in [0.1, 0.15) is 5.01 Å². The molecule has 0 fully saturated rings. The molecule has 0 unspecified atom stereocenters. The van der Waals surface area contributed by atoms with Crippen molar-refractivity contribution in [3.63, 3.8) is 0 Å².